The highest BCUT2D eigenvalue weighted by atomic mass is 19.1. The van der Waals surface area contributed by atoms with Crippen LogP contribution >= 0.6 is 0 Å². The number of aromatic nitrogens is 5. The lowest BCUT2D eigenvalue weighted by Gasteiger charge is -2.30. The fourth-order valence-corrected chi connectivity index (χ4v) is 5.09. The molecule has 1 N–H and O–H groups in total. The molecule has 0 fully saturated rings. The number of benzene rings is 3. The molecule has 2 heterocycles. The van der Waals surface area contributed by atoms with E-state index >= 15 is 0 Å². The summed E-state index contributed by atoms with van der Waals surface area (Å²) in [6, 6.07) is 22.6. The second-order valence-electron chi connectivity index (χ2n) is 9.81. The summed E-state index contributed by atoms with van der Waals surface area (Å²) in [5, 5.41) is 13.6. The van der Waals surface area contributed by atoms with Crippen molar-refractivity contribution >= 4 is 10.9 Å². The number of tetrazole rings is 1. The molecule has 0 unspecified atom stereocenters. The van der Waals surface area contributed by atoms with E-state index in [1.54, 1.807) is 16.8 Å². The predicted octanol–water partition coefficient (Wildman–Crippen LogP) is 5.47. The second-order valence-corrected chi connectivity index (χ2v) is 9.81. The van der Waals surface area contributed by atoms with Gasteiger partial charge in [0.15, 0.2) is 5.82 Å². The van der Waals surface area contributed by atoms with E-state index < -0.39 is 0 Å². The molecule has 0 aliphatic heterocycles. The van der Waals surface area contributed by atoms with Crippen molar-refractivity contribution in [2.45, 2.75) is 52.9 Å². The zero-order valence-corrected chi connectivity index (χ0v) is 21.9. The van der Waals surface area contributed by atoms with Crippen molar-refractivity contribution in [3.63, 3.8) is 0 Å². The van der Waals surface area contributed by atoms with E-state index in [1.807, 2.05) is 31.2 Å². The fraction of sp³-hybridized carbons (Fsp3) is 0.267. The van der Waals surface area contributed by atoms with Crippen molar-refractivity contribution in [2.75, 3.05) is 0 Å². The maximum Gasteiger partial charge on any atom is 0.252 e. The number of H-pyrrole nitrogens is 1. The molecule has 0 saturated carbocycles. The van der Waals surface area contributed by atoms with Gasteiger partial charge in [0.2, 0.25) is 0 Å². The lowest BCUT2D eigenvalue weighted by molar-refractivity contribution is 0.161. The standard InChI is InChI=1S/C30H31FN6O/c1-4-27(29-33-34-35-37(29)18-23-10-12-26(31)13-11-23)36(17-22-8-6-5-7-9-22)19-25-16-24-15-20(2)14-21(3)28(24)32-30(25)38/h5-16,27H,4,17-19H2,1-3H3,(H,32,38)/t27-/m0/s1. The van der Waals surface area contributed by atoms with E-state index in [9.17, 15) is 9.18 Å². The predicted molar refractivity (Wildman–Crippen MR) is 146 cm³/mol. The summed E-state index contributed by atoms with van der Waals surface area (Å²) in [4.78, 5) is 18.6. The molecule has 0 amide bonds. The Balaban J connectivity index is 1.52. The molecule has 3 aromatic carbocycles. The van der Waals surface area contributed by atoms with Crippen LogP contribution in [0, 0.1) is 19.7 Å². The lowest BCUT2D eigenvalue weighted by atomic mass is 10.0. The molecule has 1 atom stereocenters. The van der Waals surface area contributed by atoms with E-state index in [1.165, 1.54) is 12.1 Å². The van der Waals surface area contributed by atoms with Crippen molar-refractivity contribution in [3.8, 4) is 0 Å². The van der Waals surface area contributed by atoms with Crippen molar-refractivity contribution in [1.82, 2.24) is 30.1 Å². The molecule has 194 valence electrons. The Kier molecular flexibility index (Phi) is 7.42. The van der Waals surface area contributed by atoms with Gasteiger partial charge in [0.05, 0.1) is 18.1 Å². The first-order valence-corrected chi connectivity index (χ1v) is 12.8. The van der Waals surface area contributed by atoms with Gasteiger partial charge in [-0.1, -0.05) is 61.0 Å². The summed E-state index contributed by atoms with van der Waals surface area (Å²) in [5.74, 6) is 0.425. The number of fused-ring (bicyclic) bond motifs is 1. The molecule has 8 heteroatoms. The Bertz CT molecular complexity index is 1590. The highest BCUT2D eigenvalue weighted by Gasteiger charge is 2.26. The molecule has 0 radical (unpaired) electrons. The molecule has 5 aromatic rings. The second kappa shape index (κ2) is 11.1. The Labute approximate surface area is 220 Å². The Morgan fingerprint density at radius 1 is 0.974 bits per heavy atom. The van der Waals surface area contributed by atoms with Crippen molar-refractivity contribution in [1.29, 1.82) is 0 Å². The molecule has 38 heavy (non-hydrogen) atoms. The van der Waals surface area contributed by atoms with Crippen molar-refractivity contribution in [3.05, 3.63) is 123 Å². The number of aromatic amines is 1. The Morgan fingerprint density at radius 3 is 2.47 bits per heavy atom. The monoisotopic (exact) mass is 510 g/mol. The van der Waals surface area contributed by atoms with Crippen LogP contribution in [0.4, 0.5) is 4.39 Å². The summed E-state index contributed by atoms with van der Waals surface area (Å²) in [6.07, 6.45) is 0.736. The SMILES string of the molecule is CC[C@@H](c1nnnn1Cc1ccc(F)cc1)N(Cc1ccccc1)Cc1cc2cc(C)cc(C)c2[nH]c1=O. The first-order chi connectivity index (χ1) is 18.4. The van der Waals surface area contributed by atoms with E-state index in [2.05, 4.69) is 63.5 Å². The van der Waals surface area contributed by atoms with Gasteiger partial charge in [-0.2, -0.15) is 0 Å². The number of hydrogen-bond acceptors (Lipinski definition) is 5. The first-order valence-electron chi connectivity index (χ1n) is 12.8. The van der Waals surface area contributed by atoms with Crippen LogP contribution in [0.15, 0.2) is 77.6 Å². The number of rotatable bonds is 9. The van der Waals surface area contributed by atoms with Crippen LogP contribution in [0.1, 0.15) is 53.0 Å². The average Bonchev–Trinajstić information content (AvgIpc) is 3.35. The highest BCUT2D eigenvalue weighted by Crippen LogP contribution is 2.27. The summed E-state index contributed by atoms with van der Waals surface area (Å²) in [7, 11) is 0. The van der Waals surface area contributed by atoms with Gasteiger partial charge in [0.25, 0.3) is 5.56 Å². The molecule has 7 nitrogen and oxygen atoms in total. The lowest BCUT2D eigenvalue weighted by Crippen LogP contribution is -2.32. The van der Waals surface area contributed by atoms with Crippen LogP contribution in [-0.2, 0) is 19.6 Å². The van der Waals surface area contributed by atoms with Gasteiger partial charge in [-0.05, 0) is 77.0 Å². The minimum Gasteiger partial charge on any atom is -0.321 e. The van der Waals surface area contributed by atoms with Crippen LogP contribution in [0.3, 0.4) is 0 Å². The zero-order chi connectivity index (χ0) is 26.6. The smallest absolute Gasteiger partial charge is 0.252 e. The number of pyridine rings is 1. The van der Waals surface area contributed by atoms with Crippen LogP contribution in [-0.4, -0.2) is 30.1 Å². The third kappa shape index (κ3) is 5.55. The largest absolute Gasteiger partial charge is 0.321 e. The first kappa shape index (κ1) is 25.5. The average molecular weight is 511 g/mol. The zero-order valence-electron chi connectivity index (χ0n) is 21.9. The number of aryl methyl sites for hydroxylation is 2. The molecule has 5 rings (SSSR count). The third-order valence-corrected chi connectivity index (χ3v) is 6.90. The fourth-order valence-electron chi connectivity index (χ4n) is 5.09. The quantitative estimate of drug-likeness (QED) is 0.284. The van der Waals surface area contributed by atoms with Crippen LogP contribution in [0.25, 0.3) is 10.9 Å². The number of hydrogen-bond donors (Lipinski definition) is 1. The molecular formula is C30H31FN6O. The van der Waals surface area contributed by atoms with Gasteiger partial charge in [-0.3, -0.25) is 9.69 Å². The summed E-state index contributed by atoms with van der Waals surface area (Å²) < 4.78 is 15.2. The normalized spacial score (nSPS) is 12.3. The van der Waals surface area contributed by atoms with Gasteiger partial charge < -0.3 is 4.98 Å². The molecule has 2 aromatic heterocycles. The summed E-state index contributed by atoms with van der Waals surface area (Å²) >= 11 is 0. The molecule has 0 bridgehead atoms. The van der Waals surface area contributed by atoms with Crippen LogP contribution in [0.2, 0.25) is 0 Å². The number of nitrogens with zero attached hydrogens (tertiary/aromatic N) is 5. The van der Waals surface area contributed by atoms with E-state index in [-0.39, 0.29) is 17.4 Å². The van der Waals surface area contributed by atoms with Gasteiger partial charge in [0, 0.05) is 18.7 Å². The van der Waals surface area contributed by atoms with Crippen LogP contribution < -0.4 is 5.56 Å². The molecule has 0 aliphatic carbocycles. The maximum atomic E-state index is 13.4. The molecule has 0 saturated heterocycles. The van der Waals surface area contributed by atoms with E-state index in [0.717, 1.165) is 39.6 Å². The third-order valence-electron chi connectivity index (χ3n) is 6.90. The molecule has 0 spiro atoms. The highest BCUT2D eigenvalue weighted by molar-refractivity contribution is 5.82. The van der Waals surface area contributed by atoms with Gasteiger partial charge >= 0.3 is 0 Å². The van der Waals surface area contributed by atoms with Gasteiger partial charge in [0.1, 0.15) is 5.82 Å². The Hall–Kier alpha value is -4.17. The van der Waals surface area contributed by atoms with Gasteiger partial charge in [-0.15, -0.1) is 5.10 Å². The number of halogens is 1. The molecular weight excluding hydrogens is 479 g/mol. The maximum absolute atomic E-state index is 13.4. The number of nitrogens with one attached hydrogen (secondary N) is 1. The van der Waals surface area contributed by atoms with Crippen molar-refractivity contribution in [2.24, 2.45) is 0 Å². The van der Waals surface area contributed by atoms with E-state index in [4.69, 9.17) is 0 Å². The molecule has 0 aliphatic rings. The summed E-state index contributed by atoms with van der Waals surface area (Å²) in [5.41, 5.74) is 5.71. The minimum atomic E-state index is -0.280. The van der Waals surface area contributed by atoms with Gasteiger partial charge in [-0.25, -0.2) is 9.07 Å². The summed E-state index contributed by atoms with van der Waals surface area (Å²) in [6.45, 7) is 7.64. The Morgan fingerprint density at radius 2 is 1.74 bits per heavy atom. The van der Waals surface area contributed by atoms with E-state index in [0.29, 0.717) is 31.0 Å². The topological polar surface area (TPSA) is 79.7 Å². The minimum absolute atomic E-state index is 0.0942. The van der Waals surface area contributed by atoms with Crippen LogP contribution in [0.5, 0.6) is 0 Å². The van der Waals surface area contributed by atoms with Crippen molar-refractivity contribution < 1.29 is 4.39 Å².